The van der Waals surface area contributed by atoms with Crippen LogP contribution in [0.25, 0.3) is 32.2 Å². The third-order valence-corrected chi connectivity index (χ3v) is 13.0. The minimum absolute atomic E-state index is 0.0172. The lowest BCUT2D eigenvalue weighted by atomic mass is 10.0. The minimum atomic E-state index is -1.18. The molecule has 4 saturated heterocycles. The number of hydrogen-bond donors (Lipinski definition) is 2. The summed E-state index contributed by atoms with van der Waals surface area (Å²) in [4.78, 5) is 18.7. The highest BCUT2D eigenvalue weighted by molar-refractivity contribution is 7.99. The van der Waals surface area contributed by atoms with E-state index in [9.17, 15) is 14.0 Å². The number of nitrogens with zero attached hydrogens (tertiary/aromatic N) is 6. The number of aromatic nitrogens is 3. The predicted molar refractivity (Wildman–Crippen MR) is 177 cm³/mol. The number of ether oxygens (including phenoxy) is 1. The molecule has 5 fully saturated rings. The second-order valence-corrected chi connectivity index (χ2v) is 15.9. The number of halogens is 3. The number of thiophene rings is 1. The molecule has 1 aliphatic carbocycles. The van der Waals surface area contributed by atoms with Crippen molar-refractivity contribution in [2.24, 2.45) is 5.41 Å². The fourth-order valence-electron chi connectivity index (χ4n) is 8.11. The monoisotopic (exact) mass is 678 g/mol. The summed E-state index contributed by atoms with van der Waals surface area (Å²) < 4.78 is 52.7. The molecule has 4 atom stereocenters. The van der Waals surface area contributed by atoms with E-state index < -0.39 is 17.5 Å². The number of nitriles is 1. The Labute approximate surface area is 277 Å². The number of thioether (sulfide) groups is 1. The number of rotatable bonds is 7. The van der Waals surface area contributed by atoms with Gasteiger partial charge in [-0.15, -0.1) is 11.3 Å². The summed E-state index contributed by atoms with van der Waals surface area (Å²) in [5, 5.41) is 13.9. The van der Waals surface area contributed by atoms with Crippen LogP contribution < -0.4 is 20.7 Å². The Hall–Kier alpha value is -3.38. The van der Waals surface area contributed by atoms with E-state index in [-0.39, 0.29) is 48.9 Å². The van der Waals surface area contributed by atoms with Crippen molar-refractivity contribution in [2.75, 3.05) is 48.4 Å². The van der Waals surface area contributed by atoms with E-state index in [1.165, 1.54) is 30.5 Å². The highest BCUT2D eigenvalue weighted by Crippen LogP contribution is 2.49. The fourth-order valence-corrected chi connectivity index (χ4v) is 10.5. The number of hydrogen-bond acceptors (Lipinski definition) is 11. The van der Waals surface area contributed by atoms with Gasteiger partial charge in [-0.25, -0.2) is 13.2 Å². The topological polar surface area (TPSA) is 116 Å². The van der Waals surface area contributed by atoms with Crippen LogP contribution in [0, 0.1) is 34.2 Å². The third-order valence-electron chi connectivity index (χ3n) is 10.8. The molecule has 47 heavy (non-hydrogen) atoms. The van der Waals surface area contributed by atoms with Crippen LogP contribution in [-0.4, -0.2) is 81.8 Å². The van der Waals surface area contributed by atoms with E-state index in [0.717, 1.165) is 49.6 Å². The first kappa shape index (κ1) is 29.7. The SMILES string of the molecule is N#Cc1c(N)sc2c(F)c(F)cc(-c3ncc4c(N5CC6CCC(C5)N6)nc(OCC5(CN6C7CCC6CSC7)CC5)nc4c3F)c12. The van der Waals surface area contributed by atoms with Crippen LogP contribution >= 0.6 is 23.1 Å². The molecule has 4 aromatic rings. The van der Waals surface area contributed by atoms with E-state index in [0.29, 0.717) is 55.1 Å². The average molecular weight is 679 g/mol. The lowest BCUT2D eigenvalue weighted by molar-refractivity contribution is 0.127. The van der Waals surface area contributed by atoms with Crippen LogP contribution in [-0.2, 0) is 0 Å². The van der Waals surface area contributed by atoms with Crippen LogP contribution in [0.4, 0.5) is 24.0 Å². The molecular weight excluding hydrogens is 646 g/mol. The summed E-state index contributed by atoms with van der Waals surface area (Å²) in [6.07, 6.45) is 8.24. The quantitative estimate of drug-likeness (QED) is 0.261. The summed E-state index contributed by atoms with van der Waals surface area (Å²) in [5.41, 5.74) is 5.66. The van der Waals surface area contributed by atoms with Gasteiger partial charge in [0, 0.05) is 77.9 Å². The molecule has 3 aromatic heterocycles. The first-order valence-electron chi connectivity index (χ1n) is 16.2. The zero-order chi connectivity index (χ0) is 32.0. The number of anilines is 2. The number of piperazine rings is 1. The van der Waals surface area contributed by atoms with Gasteiger partial charge >= 0.3 is 6.01 Å². The number of nitrogens with two attached hydrogens (primary N) is 1. The van der Waals surface area contributed by atoms with Crippen molar-refractivity contribution in [3.63, 3.8) is 0 Å². The number of nitrogens with one attached hydrogen (secondary N) is 1. The standard InChI is InChI=1S/C33H33F3N8OS2/c34-23-7-20(24-21(8-37)30(38)47-29(24)25(23)35)27-26(36)28-22(9-39-27)31(43-10-16-1-2-17(11-43)40-16)42-32(41-28)45-15-33(5-6-33)14-44-18-3-4-19(44)13-46-12-18/h7,9,16-19,40H,1-6,10-15,38H2. The average Bonchev–Trinajstić information content (AvgIpc) is 3.57. The molecule has 14 heteroatoms. The van der Waals surface area contributed by atoms with Gasteiger partial charge < -0.3 is 20.7 Å². The Kier molecular flexibility index (Phi) is 7.01. The molecule has 1 aromatic carbocycles. The lowest BCUT2D eigenvalue weighted by Crippen LogP contribution is -2.51. The number of pyridine rings is 1. The molecule has 1 saturated carbocycles. The smallest absolute Gasteiger partial charge is 0.319 e. The van der Waals surface area contributed by atoms with E-state index in [1.807, 2.05) is 6.07 Å². The van der Waals surface area contributed by atoms with Gasteiger partial charge in [0.1, 0.15) is 28.1 Å². The first-order valence-corrected chi connectivity index (χ1v) is 18.2. The first-order chi connectivity index (χ1) is 22.8. The second-order valence-electron chi connectivity index (χ2n) is 13.8. The largest absolute Gasteiger partial charge is 0.463 e. The zero-order valence-corrected chi connectivity index (χ0v) is 27.2. The van der Waals surface area contributed by atoms with Crippen molar-refractivity contribution < 1.29 is 17.9 Å². The maximum absolute atomic E-state index is 16.8. The fraction of sp³-hybridized carbons (Fsp3) is 0.515. The van der Waals surface area contributed by atoms with Gasteiger partial charge in [-0.3, -0.25) is 9.88 Å². The van der Waals surface area contributed by atoms with Gasteiger partial charge in [0.05, 0.1) is 22.3 Å². The highest BCUT2D eigenvalue weighted by Gasteiger charge is 2.49. The molecule has 9 nitrogen and oxygen atoms in total. The Morgan fingerprint density at radius 3 is 2.51 bits per heavy atom. The van der Waals surface area contributed by atoms with Gasteiger partial charge in [-0.05, 0) is 44.6 Å². The van der Waals surface area contributed by atoms with Gasteiger partial charge in [-0.2, -0.15) is 27.0 Å². The Bertz CT molecular complexity index is 1950. The van der Waals surface area contributed by atoms with Crippen molar-refractivity contribution >= 4 is 54.9 Å². The summed E-state index contributed by atoms with van der Waals surface area (Å²) in [7, 11) is 0. The maximum atomic E-state index is 16.8. The zero-order valence-electron chi connectivity index (χ0n) is 25.6. The predicted octanol–water partition coefficient (Wildman–Crippen LogP) is 5.46. The second kappa shape index (κ2) is 11.1. The van der Waals surface area contributed by atoms with Gasteiger partial charge in [0.15, 0.2) is 17.5 Å². The molecule has 4 bridgehead atoms. The Balaban J connectivity index is 1.12. The van der Waals surface area contributed by atoms with E-state index >= 15 is 4.39 Å². The summed E-state index contributed by atoms with van der Waals surface area (Å²) >= 11 is 2.81. The van der Waals surface area contributed by atoms with Gasteiger partial charge in [0.25, 0.3) is 0 Å². The Morgan fingerprint density at radius 1 is 1.06 bits per heavy atom. The van der Waals surface area contributed by atoms with Gasteiger partial charge in [-0.1, -0.05) is 0 Å². The molecule has 4 aliphatic heterocycles. The van der Waals surface area contributed by atoms with Crippen LogP contribution in [0.1, 0.15) is 44.1 Å². The molecule has 7 heterocycles. The van der Waals surface area contributed by atoms with Crippen LogP contribution in [0.5, 0.6) is 6.01 Å². The molecule has 5 aliphatic rings. The summed E-state index contributed by atoms with van der Waals surface area (Å²) in [5.74, 6) is -0.222. The molecule has 0 radical (unpaired) electrons. The number of fused-ring (bicyclic) bond motifs is 6. The van der Waals surface area contributed by atoms with Crippen molar-refractivity contribution in [3.05, 3.63) is 35.3 Å². The maximum Gasteiger partial charge on any atom is 0.319 e. The molecule has 9 rings (SSSR count). The van der Waals surface area contributed by atoms with Crippen LogP contribution in [0.2, 0.25) is 0 Å². The van der Waals surface area contributed by atoms with E-state index in [2.05, 4.69) is 36.8 Å². The van der Waals surface area contributed by atoms with Crippen molar-refractivity contribution in [1.82, 2.24) is 25.2 Å². The van der Waals surface area contributed by atoms with Crippen LogP contribution in [0.15, 0.2) is 12.3 Å². The molecule has 4 unspecified atom stereocenters. The van der Waals surface area contributed by atoms with E-state index in [4.69, 9.17) is 15.5 Å². The van der Waals surface area contributed by atoms with Gasteiger partial charge in [0.2, 0.25) is 0 Å². The van der Waals surface area contributed by atoms with Crippen LogP contribution in [0.3, 0.4) is 0 Å². The lowest BCUT2D eigenvalue weighted by Gasteiger charge is -2.37. The number of nitrogen functional groups attached to an aromatic ring is 1. The summed E-state index contributed by atoms with van der Waals surface area (Å²) in [6.45, 7) is 2.84. The molecule has 3 N–H and O–H groups in total. The summed E-state index contributed by atoms with van der Waals surface area (Å²) in [6, 6.07) is 4.79. The molecule has 0 amide bonds. The molecule has 0 spiro atoms. The Morgan fingerprint density at radius 2 is 1.81 bits per heavy atom. The van der Waals surface area contributed by atoms with E-state index in [1.54, 1.807) is 0 Å². The van der Waals surface area contributed by atoms with Crippen molar-refractivity contribution in [1.29, 1.82) is 5.26 Å². The minimum Gasteiger partial charge on any atom is -0.463 e. The van der Waals surface area contributed by atoms with Crippen molar-refractivity contribution in [3.8, 4) is 23.3 Å². The molecule has 244 valence electrons. The normalized spacial score (nSPS) is 26.3. The van der Waals surface area contributed by atoms with Crippen molar-refractivity contribution in [2.45, 2.75) is 62.7 Å². The third kappa shape index (κ3) is 4.91. The highest BCUT2D eigenvalue weighted by atomic mass is 32.2. The molecular formula is C33H33F3N8OS2. The number of benzene rings is 1.